The number of thiazole rings is 1. The van der Waals surface area contributed by atoms with Crippen LogP contribution in [0.15, 0.2) is 10.4 Å². The smallest absolute Gasteiger partial charge is 0.191 e. The van der Waals surface area contributed by atoms with E-state index in [9.17, 15) is 0 Å². The van der Waals surface area contributed by atoms with E-state index in [1.165, 1.54) is 49.5 Å². The zero-order chi connectivity index (χ0) is 17.9. The van der Waals surface area contributed by atoms with Crippen LogP contribution in [0.4, 0.5) is 0 Å². The van der Waals surface area contributed by atoms with E-state index in [4.69, 9.17) is 4.98 Å². The Labute approximate surface area is 156 Å². The first-order valence-corrected chi connectivity index (χ1v) is 10.5. The van der Waals surface area contributed by atoms with Crippen molar-refractivity contribution in [2.45, 2.75) is 70.4 Å². The number of guanidine groups is 1. The first-order valence-electron chi connectivity index (χ1n) is 9.62. The second-order valence-corrected chi connectivity index (χ2v) is 9.25. The van der Waals surface area contributed by atoms with Crippen LogP contribution in [0, 0.1) is 0 Å². The minimum Gasteiger partial charge on any atom is -0.356 e. The summed E-state index contributed by atoms with van der Waals surface area (Å²) in [5, 5.41) is 10.4. The Morgan fingerprint density at radius 1 is 1.28 bits per heavy atom. The molecule has 1 aliphatic heterocycles. The molecule has 25 heavy (non-hydrogen) atoms. The van der Waals surface area contributed by atoms with Crippen molar-refractivity contribution >= 4 is 17.3 Å². The van der Waals surface area contributed by atoms with Gasteiger partial charge in [-0.05, 0) is 25.7 Å². The summed E-state index contributed by atoms with van der Waals surface area (Å²) < 4.78 is 0. The Balaban J connectivity index is 1.38. The van der Waals surface area contributed by atoms with E-state index in [1.807, 2.05) is 7.05 Å². The predicted octanol–water partition coefficient (Wildman–Crippen LogP) is 2.77. The SMILES string of the molecule is CN=C(NCCc1nc(C(C)(C)C)cs1)NC1CCN(C2CC2)CC1. The van der Waals surface area contributed by atoms with Crippen molar-refractivity contribution in [3.05, 3.63) is 16.1 Å². The van der Waals surface area contributed by atoms with E-state index in [2.05, 4.69) is 46.7 Å². The summed E-state index contributed by atoms with van der Waals surface area (Å²) >= 11 is 1.76. The fourth-order valence-electron chi connectivity index (χ4n) is 3.29. The zero-order valence-electron chi connectivity index (χ0n) is 16.1. The second-order valence-electron chi connectivity index (χ2n) is 8.31. The molecule has 0 bridgehead atoms. The molecule has 1 aromatic rings. The largest absolute Gasteiger partial charge is 0.356 e. The highest BCUT2D eigenvalue weighted by Crippen LogP contribution is 2.29. The lowest BCUT2D eigenvalue weighted by atomic mass is 9.93. The van der Waals surface area contributed by atoms with Crippen molar-refractivity contribution in [2.75, 3.05) is 26.7 Å². The molecule has 1 saturated heterocycles. The Morgan fingerprint density at radius 2 is 2.00 bits per heavy atom. The van der Waals surface area contributed by atoms with Gasteiger partial charge in [0.05, 0.1) is 10.7 Å². The summed E-state index contributed by atoms with van der Waals surface area (Å²) in [7, 11) is 1.86. The summed E-state index contributed by atoms with van der Waals surface area (Å²) in [5.74, 6) is 0.928. The quantitative estimate of drug-likeness (QED) is 0.624. The van der Waals surface area contributed by atoms with Gasteiger partial charge in [-0.3, -0.25) is 4.99 Å². The van der Waals surface area contributed by atoms with Gasteiger partial charge < -0.3 is 15.5 Å². The lowest BCUT2D eigenvalue weighted by molar-refractivity contribution is 0.197. The molecule has 140 valence electrons. The highest BCUT2D eigenvalue weighted by Gasteiger charge is 2.31. The first-order chi connectivity index (χ1) is 12.0. The minimum atomic E-state index is 0.134. The number of aliphatic imine (C=N–C) groups is 1. The van der Waals surface area contributed by atoms with Crippen molar-refractivity contribution in [3.63, 3.8) is 0 Å². The van der Waals surface area contributed by atoms with Crippen LogP contribution < -0.4 is 10.6 Å². The average molecular weight is 364 g/mol. The number of hydrogen-bond acceptors (Lipinski definition) is 4. The van der Waals surface area contributed by atoms with E-state index >= 15 is 0 Å². The number of piperidine rings is 1. The Bertz CT molecular complexity index is 577. The van der Waals surface area contributed by atoms with Crippen molar-refractivity contribution in [3.8, 4) is 0 Å². The molecule has 2 fully saturated rings. The van der Waals surface area contributed by atoms with Crippen LogP contribution in [0.2, 0.25) is 0 Å². The second kappa shape index (κ2) is 8.04. The van der Waals surface area contributed by atoms with Gasteiger partial charge in [0.15, 0.2) is 5.96 Å². The summed E-state index contributed by atoms with van der Waals surface area (Å²) in [5.41, 5.74) is 1.33. The summed E-state index contributed by atoms with van der Waals surface area (Å²) in [4.78, 5) is 11.8. The highest BCUT2D eigenvalue weighted by atomic mass is 32.1. The number of hydrogen-bond donors (Lipinski definition) is 2. The molecule has 2 heterocycles. The summed E-state index contributed by atoms with van der Waals surface area (Å²) in [6.45, 7) is 9.97. The molecular weight excluding hydrogens is 330 g/mol. The molecule has 1 saturated carbocycles. The van der Waals surface area contributed by atoms with E-state index in [0.29, 0.717) is 6.04 Å². The van der Waals surface area contributed by atoms with Crippen LogP contribution in [-0.2, 0) is 11.8 Å². The van der Waals surface area contributed by atoms with E-state index in [-0.39, 0.29) is 5.41 Å². The normalized spacial score (nSPS) is 20.7. The molecule has 0 spiro atoms. The number of aromatic nitrogens is 1. The highest BCUT2D eigenvalue weighted by molar-refractivity contribution is 7.09. The van der Waals surface area contributed by atoms with Gasteiger partial charge in [-0.2, -0.15) is 0 Å². The summed E-state index contributed by atoms with van der Waals surface area (Å²) in [6.07, 6.45) is 6.21. The van der Waals surface area contributed by atoms with Crippen molar-refractivity contribution in [2.24, 2.45) is 4.99 Å². The van der Waals surface area contributed by atoms with Crippen LogP contribution >= 0.6 is 11.3 Å². The molecule has 1 aliphatic carbocycles. The molecule has 0 aromatic carbocycles. The standard InChI is InChI=1S/C19H33N5S/c1-19(2,3)16-13-25-17(23-16)7-10-21-18(20-4)22-14-8-11-24(12-9-14)15-5-6-15/h13-15H,5-12H2,1-4H3,(H2,20,21,22). The van der Waals surface area contributed by atoms with Gasteiger partial charge in [-0.25, -0.2) is 4.98 Å². The van der Waals surface area contributed by atoms with Crippen LogP contribution in [0.3, 0.4) is 0 Å². The number of rotatable bonds is 5. The van der Waals surface area contributed by atoms with Gasteiger partial charge in [-0.1, -0.05) is 20.8 Å². The predicted molar refractivity (Wildman–Crippen MR) is 107 cm³/mol. The average Bonchev–Trinajstić information content (AvgIpc) is 3.31. The van der Waals surface area contributed by atoms with Gasteiger partial charge in [0.1, 0.15) is 0 Å². The fourth-order valence-corrected chi connectivity index (χ4v) is 4.32. The lowest BCUT2D eigenvalue weighted by Crippen LogP contribution is -2.49. The Hall–Kier alpha value is -1.14. The molecule has 0 amide bonds. The fraction of sp³-hybridized carbons (Fsp3) is 0.789. The molecule has 3 rings (SSSR count). The first kappa shape index (κ1) is 18.6. The summed E-state index contributed by atoms with van der Waals surface area (Å²) in [6, 6.07) is 1.45. The molecule has 2 aliphatic rings. The lowest BCUT2D eigenvalue weighted by Gasteiger charge is -2.33. The van der Waals surface area contributed by atoms with E-state index in [1.54, 1.807) is 11.3 Å². The number of nitrogens with zero attached hydrogens (tertiary/aromatic N) is 3. The molecule has 6 heteroatoms. The van der Waals surface area contributed by atoms with Crippen molar-refractivity contribution < 1.29 is 0 Å². The zero-order valence-corrected chi connectivity index (χ0v) is 17.0. The number of nitrogens with one attached hydrogen (secondary N) is 2. The van der Waals surface area contributed by atoms with Gasteiger partial charge in [0, 0.05) is 56.0 Å². The minimum absolute atomic E-state index is 0.134. The molecule has 2 N–H and O–H groups in total. The molecule has 1 aromatic heterocycles. The van der Waals surface area contributed by atoms with Gasteiger partial charge in [-0.15, -0.1) is 11.3 Å². The maximum absolute atomic E-state index is 4.76. The molecular formula is C19H33N5S. The van der Waals surface area contributed by atoms with Gasteiger partial charge in [0.25, 0.3) is 0 Å². The van der Waals surface area contributed by atoms with Gasteiger partial charge in [0.2, 0.25) is 0 Å². The molecule has 0 unspecified atom stereocenters. The Kier molecular flexibility index (Phi) is 6.00. The topological polar surface area (TPSA) is 52.6 Å². The van der Waals surface area contributed by atoms with E-state index in [0.717, 1.165) is 25.0 Å². The third-order valence-electron chi connectivity index (χ3n) is 5.11. The maximum atomic E-state index is 4.76. The van der Waals surface area contributed by atoms with Crippen LogP contribution in [0.1, 0.15) is 57.2 Å². The Morgan fingerprint density at radius 3 is 2.56 bits per heavy atom. The van der Waals surface area contributed by atoms with Crippen molar-refractivity contribution in [1.82, 2.24) is 20.5 Å². The maximum Gasteiger partial charge on any atom is 0.191 e. The van der Waals surface area contributed by atoms with Crippen LogP contribution in [0.5, 0.6) is 0 Å². The van der Waals surface area contributed by atoms with Gasteiger partial charge >= 0.3 is 0 Å². The van der Waals surface area contributed by atoms with E-state index < -0.39 is 0 Å². The number of likely N-dealkylation sites (tertiary alicyclic amines) is 1. The molecule has 5 nitrogen and oxygen atoms in total. The van der Waals surface area contributed by atoms with Crippen molar-refractivity contribution in [1.29, 1.82) is 0 Å². The van der Waals surface area contributed by atoms with Crippen LogP contribution in [0.25, 0.3) is 0 Å². The molecule has 0 atom stereocenters. The third-order valence-corrected chi connectivity index (χ3v) is 6.02. The third kappa shape index (κ3) is 5.42. The monoisotopic (exact) mass is 363 g/mol. The van der Waals surface area contributed by atoms with Crippen LogP contribution in [-0.4, -0.2) is 54.6 Å². The molecule has 0 radical (unpaired) electrons.